The van der Waals surface area contributed by atoms with Crippen molar-refractivity contribution in [2.75, 3.05) is 19.6 Å². The minimum atomic E-state index is -1.21. The molecule has 3 aromatic rings. The number of hydrogen-bond donors (Lipinski definition) is 2. The van der Waals surface area contributed by atoms with Gasteiger partial charge in [-0.1, -0.05) is 31.5 Å². The molecule has 1 saturated heterocycles. The van der Waals surface area contributed by atoms with Gasteiger partial charge in [-0.05, 0) is 98.9 Å². The number of nitrogens with zero attached hydrogens (tertiary/aromatic N) is 3. The van der Waals surface area contributed by atoms with Gasteiger partial charge < -0.3 is 10.4 Å². The van der Waals surface area contributed by atoms with E-state index in [4.69, 9.17) is 0 Å². The molecule has 1 aliphatic heterocycles. The molecular formula is C36H46F2N4O4. The maximum absolute atomic E-state index is 15.8. The lowest BCUT2D eigenvalue weighted by Gasteiger charge is -2.26. The monoisotopic (exact) mass is 636 g/mol. The first-order valence-corrected chi connectivity index (χ1v) is 16.0. The summed E-state index contributed by atoms with van der Waals surface area (Å²) in [4.78, 5) is 41.3. The number of hydrogen-bond acceptors (Lipinski definition) is 5. The molecule has 1 aromatic heterocycles. The summed E-state index contributed by atoms with van der Waals surface area (Å²) in [5, 5.41) is 17.2. The lowest BCUT2D eigenvalue weighted by molar-refractivity contribution is -0.138. The Hall–Kier alpha value is -3.92. The molecule has 1 aliphatic rings. The minimum absolute atomic E-state index is 0.0204. The second-order valence-electron chi connectivity index (χ2n) is 13.3. The van der Waals surface area contributed by atoms with Crippen molar-refractivity contribution in [3.8, 4) is 11.1 Å². The zero-order chi connectivity index (χ0) is 33.9. The molecule has 8 nitrogen and oxygen atoms in total. The third-order valence-corrected chi connectivity index (χ3v) is 8.74. The van der Waals surface area contributed by atoms with Gasteiger partial charge in [0.1, 0.15) is 18.0 Å². The lowest BCUT2D eigenvalue weighted by atomic mass is 9.89. The summed E-state index contributed by atoms with van der Waals surface area (Å²) in [5.41, 5.74) is 5.99. The Morgan fingerprint density at radius 3 is 2.28 bits per heavy atom. The zero-order valence-electron chi connectivity index (χ0n) is 27.9. The molecule has 4 rings (SSSR count). The van der Waals surface area contributed by atoms with Gasteiger partial charge in [0.05, 0.1) is 18.2 Å². The number of carboxylic acids is 1. The van der Waals surface area contributed by atoms with Crippen LogP contribution in [0.2, 0.25) is 0 Å². The first-order chi connectivity index (χ1) is 21.6. The van der Waals surface area contributed by atoms with Gasteiger partial charge in [-0.25, -0.2) is 13.5 Å². The Balaban J connectivity index is 1.71. The highest BCUT2D eigenvalue weighted by Gasteiger charge is 2.30. The van der Waals surface area contributed by atoms with E-state index in [-0.39, 0.29) is 17.9 Å². The van der Waals surface area contributed by atoms with Crippen molar-refractivity contribution in [2.24, 2.45) is 5.92 Å². The van der Waals surface area contributed by atoms with Crippen molar-refractivity contribution < 1.29 is 23.5 Å². The molecule has 0 radical (unpaired) electrons. The number of nitrogens with one attached hydrogen (secondary N) is 1. The van der Waals surface area contributed by atoms with Crippen molar-refractivity contribution in [2.45, 2.75) is 92.4 Å². The highest BCUT2D eigenvalue weighted by molar-refractivity contribution is 5.82. The molecule has 2 N–H and O–H groups in total. The van der Waals surface area contributed by atoms with Crippen LogP contribution in [0.1, 0.15) is 84.3 Å². The summed E-state index contributed by atoms with van der Waals surface area (Å²) in [6.07, 6.45) is -0.183. The van der Waals surface area contributed by atoms with E-state index in [0.29, 0.717) is 49.3 Å². The van der Waals surface area contributed by atoms with Crippen LogP contribution in [-0.2, 0) is 16.0 Å². The number of carboxylic acid groups (broad SMARTS) is 1. The molecule has 3 atom stereocenters. The van der Waals surface area contributed by atoms with Crippen molar-refractivity contribution in [3.05, 3.63) is 85.6 Å². The Morgan fingerprint density at radius 2 is 1.70 bits per heavy atom. The minimum Gasteiger partial charge on any atom is -0.481 e. The van der Waals surface area contributed by atoms with Gasteiger partial charge in [0.2, 0.25) is 5.91 Å². The van der Waals surface area contributed by atoms with Crippen LogP contribution < -0.4 is 10.9 Å². The highest BCUT2D eigenvalue weighted by atomic mass is 19.1. The molecule has 2 aromatic carbocycles. The van der Waals surface area contributed by atoms with Crippen molar-refractivity contribution in [3.63, 3.8) is 0 Å². The van der Waals surface area contributed by atoms with Crippen molar-refractivity contribution in [1.29, 1.82) is 0 Å². The first kappa shape index (κ1) is 34.9. The summed E-state index contributed by atoms with van der Waals surface area (Å²) < 4.78 is 30.7. The van der Waals surface area contributed by atoms with Gasteiger partial charge in [-0.15, -0.1) is 0 Å². The van der Waals surface area contributed by atoms with Gasteiger partial charge in [0.25, 0.3) is 5.56 Å². The molecule has 46 heavy (non-hydrogen) atoms. The van der Waals surface area contributed by atoms with E-state index in [1.807, 2.05) is 51.7 Å². The summed E-state index contributed by atoms with van der Waals surface area (Å²) in [6.45, 7) is 14.8. The number of halogens is 2. The van der Waals surface area contributed by atoms with Gasteiger partial charge >= 0.3 is 5.97 Å². The standard InChI is InChI=1S/C36H46F2N4O4/c1-20(2)12-31(42-32(43)16-22(4)29(40-42)9-11-41-10-8-27(37)19-41)36(46)39-30(18-33(44)45)28-17-26(15-25(7)35(28)38)34-23(5)13-21(3)14-24(34)6/h13-17,20,27,30-31H,8-12,18-19H2,1-7H3,(H,39,46)(H,44,45)/t27-,30+,31+/m1/s1. The number of aromatic nitrogens is 2. The Morgan fingerprint density at radius 1 is 1.02 bits per heavy atom. The molecule has 2 heterocycles. The third-order valence-electron chi connectivity index (χ3n) is 8.74. The van der Waals surface area contributed by atoms with Crippen LogP contribution in [0.15, 0.2) is 35.1 Å². The predicted octanol–water partition coefficient (Wildman–Crippen LogP) is 6.10. The topological polar surface area (TPSA) is 105 Å². The zero-order valence-corrected chi connectivity index (χ0v) is 27.9. The molecule has 1 amide bonds. The van der Waals surface area contributed by atoms with E-state index in [1.54, 1.807) is 26.0 Å². The van der Waals surface area contributed by atoms with Crippen LogP contribution in [0.5, 0.6) is 0 Å². The molecule has 0 bridgehead atoms. The van der Waals surface area contributed by atoms with Gasteiger partial charge in [0, 0.05) is 37.7 Å². The number of carbonyl (C=O) groups is 2. The van der Waals surface area contributed by atoms with E-state index in [1.165, 1.54) is 6.07 Å². The quantitative estimate of drug-likeness (QED) is 0.249. The van der Waals surface area contributed by atoms with E-state index in [2.05, 4.69) is 10.4 Å². The average molecular weight is 637 g/mol. The number of likely N-dealkylation sites (tertiary alicyclic amines) is 1. The van der Waals surface area contributed by atoms with E-state index in [9.17, 15) is 23.9 Å². The number of amides is 1. The molecule has 10 heteroatoms. The fourth-order valence-electron chi connectivity index (χ4n) is 6.59. The number of rotatable bonds is 12. The Labute approximate surface area is 269 Å². The van der Waals surface area contributed by atoms with Crippen molar-refractivity contribution in [1.82, 2.24) is 20.0 Å². The van der Waals surface area contributed by atoms with Crippen LogP contribution in [-0.4, -0.2) is 57.5 Å². The molecule has 0 aliphatic carbocycles. The normalized spacial score (nSPS) is 16.5. The van der Waals surface area contributed by atoms with Gasteiger partial charge in [0.15, 0.2) is 0 Å². The Kier molecular flexibility index (Phi) is 11.1. The molecule has 0 saturated carbocycles. The second-order valence-corrected chi connectivity index (χ2v) is 13.3. The van der Waals surface area contributed by atoms with Crippen LogP contribution in [0.4, 0.5) is 8.78 Å². The van der Waals surface area contributed by atoms with Crippen LogP contribution in [0.25, 0.3) is 11.1 Å². The SMILES string of the molecule is Cc1cc(C)c(-c2cc(C)c(F)c([C@H](CC(=O)O)NC(=O)[C@H](CC(C)C)n3nc(CCN4CC[C@@H](F)C4)c(C)cc3=O)c2)c(C)c1. The van der Waals surface area contributed by atoms with E-state index >= 15 is 4.39 Å². The van der Waals surface area contributed by atoms with E-state index in [0.717, 1.165) is 32.5 Å². The van der Waals surface area contributed by atoms with E-state index < -0.39 is 47.9 Å². The van der Waals surface area contributed by atoms with Gasteiger partial charge in [-0.3, -0.25) is 19.3 Å². The molecule has 0 unspecified atom stereocenters. The molecule has 248 valence electrons. The number of aryl methyl sites for hydroxylation is 5. The first-order valence-electron chi connectivity index (χ1n) is 16.0. The number of benzene rings is 2. The molecular weight excluding hydrogens is 590 g/mol. The number of aliphatic carboxylic acids is 1. The highest BCUT2D eigenvalue weighted by Crippen LogP contribution is 2.34. The Bertz CT molecular complexity index is 1650. The average Bonchev–Trinajstić information content (AvgIpc) is 3.36. The van der Waals surface area contributed by atoms with Crippen molar-refractivity contribution >= 4 is 11.9 Å². The van der Waals surface area contributed by atoms with Crippen LogP contribution in [0.3, 0.4) is 0 Å². The lowest BCUT2D eigenvalue weighted by Crippen LogP contribution is -2.42. The summed E-state index contributed by atoms with van der Waals surface area (Å²) >= 11 is 0. The van der Waals surface area contributed by atoms with Gasteiger partial charge in [-0.2, -0.15) is 5.10 Å². The fraction of sp³-hybridized carbons (Fsp3) is 0.500. The summed E-state index contributed by atoms with van der Waals surface area (Å²) in [5.74, 6) is -2.44. The smallest absolute Gasteiger partial charge is 0.305 e. The third kappa shape index (κ3) is 8.26. The summed E-state index contributed by atoms with van der Waals surface area (Å²) in [7, 11) is 0. The summed E-state index contributed by atoms with van der Waals surface area (Å²) in [6, 6.07) is 6.62. The molecule has 0 spiro atoms. The molecule has 1 fully saturated rings. The maximum atomic E-state index is 15.8. The maximum Gasteiger partial charge on any atom is 0.305 e. The fourth-order valence-corrected chi connectivity index (χ4v) is 6.59. The predicted molar refractivity (Wildman–Crippen MR) is 175 cm³/mol. The van der Waals surface area contributed by atoms with Crippen LogP contribution >= 0.6 is 0 Å². The van der Waals surface area contributed by atoms with Crippen LogP contribution in [0, 0.1) is 46.4 Å². The largest absolute Gasteiger partial charge is 0.481 e. The second kappa shape index (κ2) is 14.7. The number of carbonyl (C=O) groups excluding carboxylic acids is 1. The number of alkyl halides is 1.